The Kier molecular flexibility index (Phi) is 4.39. The maximum atomic E-state index is 11.5. The van der Waals surface area contributed by atoms with E-state index in [0.29, 0.717) is 12.0 Å². The van der Waals surface area contributed by atoms with Crippen molar-refractivity contribution in [2.75, 3.05) is 7.11 Å². The van der Waals surface area contributed by atoms with Gasteiger partial charge in [-0.1, -0.05) is 18.2 Å². The minimum absolute atomic E-state index is 0.0412. The number of non-ortho nitro benzene ring substituents is 1. The van der Waals surface area contributed by atoms with Crippen LogP contribution in [-0.4, -0.2) is 18.0 Å². The number of nitrogens with zero attached hydrogens (tertiary/aromatic N) is 1. The molecule has 0 saturated carbocycles. The van der Waals surface area contributed by atoms with Crippen LogP contribution in [0.2, 0.25) is 0 Å². The zero-order valence-corrected chi connectivity index (χ0v) is 9.46. The van der Waals surface area contributed by atoms with Crippen LogP contribution in [0.3, 0.4) is 0 Å². The molecule has 5 nitrogen and oxygen atoms in total. The summed E-state index contributed by atoms with van der Waals surface area (Å²) in [6, 6.07) is 5.97. The van der Waals surface area contributed by atoms with Crippen molar-refractivity contribution in [1.82, 2.24) is 0 Å². The number of hydrogen-bond acceptors (Lipinski definition) is 4. The van der Waals surface area contributed by atoms with E-state index in [-0.39, 0.29) is 5.69 Å². The molecule has 0 aliphatic carbocycles. The molecule has 1 unspecified atom stereocenters. The van der Waals surface area contributed by atoms with Crippen molar-refractivity contribution < 1.29 is 14.5 Å². The van der Waals surface area contributed by atoms with Crippen LogP contribution in [0.15, 0.2) is 36.9 Å². The van der Waals surface area contributed by atoms with Crippen LogP contribution >= 0.6 is 0 Å². The summed E-state index contributed by atoms with van der Waals surface area (Å²) >= 11 is 0. The monoisotopic (exact) mass is 235 g/mol. The molecule has 0 bridgehead atoms. The van der Waals surface area contributed by atoms with Gasteiger partial charge in [0.25, 0.3) is 5.69 Å². The van der Waals surface area contributed by atoms with Crippen molar-refractivity contribution in [3.63, 3.8) is 0 Å². The van der Waals surface area contributed by atoms with Gasteiger partial charge < -0.3 is 4.74 Å². The molecule has 0 saturated heterocycles. The third-order valence-corrected chi connectivity index (χ3v) is 2.37. The van der Waals surface area contributed by atoms with Gasteiger partial charge in [0.05, 0.1) is 18.0 Å². The van der Waals surface area contributed by atoms with Crippen molar-refractivity contribution >= 4 is 11.7 Å². The summed E-state index contributed by atoms with van der Waals surface area (Å²) in [5.41, 5.74) is 0.520. The number of nitro groups is 1. The third-order valence-electron chi connectivity index (χ3n) is 2.37. The molecule has 0 aliphatic heterocycles. The second-order valence-corrected chi connectivity index (χ2v) is 3.45. The fourth-order valence-corrected chi connectivity index (χ4v) is 1.53. The number of rotatable bonds is 5. The van der Waals surface area contributed by atoms with E-state index in [4.69, 9.17) is 0 Å². The summed E-state index contributed by atoms with van der Waals surface area (Å²) in [5.74, 6) is -0.970. The lowest BCUT2D eigenvalue weighted by atomic mass is 9.95. The van der Waals surface area contributed by atoms with Gasteiger partial charge in [-0.3, -0.25) is 14.9 Å². The Morgan fingerprint density at radius 1 is 1.65 bits per heavy atom. The first-order chi connectivity index (χ1) is 8.10. The van der Waals surface area contributed by atoms with Gasteiger partial charge in [-0.15, -0.1) is 6.58 Å². The minimum Gasteiger partial charge on any atom is -0.469 e. The second-order valence-electron chi connectivity index (χ2n) is 3.45. The first-order valence-electron chi connectivity index (χ1n) is 5.03. The number of benzene rings is 1. The molecule has 5 heteroatoms. The first-order valence-corrected chi connectivity index (χ1v) is 5.03. The number of nitro benzene ring substituents is 1. The molecule has 90 valence electrons. The quantitative estimate of drug-likeness (QED) is 0.340. The topological polar surface area (TPSA) is 69.4 Å². The molecule has 0 fully saturated rings. The van der Waals surface area contributed by atoms with E-state index in [1.807, 2.05) is 0 Å². The van der Waals surface area contributed by atoms with E-state index in [0.717, 1.165) is 0 Å². The maximum Gasteiger partial charge on any atom is 0.313 e. The van der Waals surface area contributed by atoms with Crippen LogP contribution < -0.4 is 0 Å². The van der Waals surface area contributed by atoms with E-state index in [1.165, 1.54) is 19.2 Å². The van der Waals surface area contributed by atoms with Crippen molar-refractivity contribution in [3.8, 4) is 0 Å². The van der Waals surface area contributed by atoms with Gasteiger partial charge in [0, 0.05) is 12.1 Å². The van der Waals surface area contributed by atoms with Gasteiger partial charge in [0.1, 0.15) is 0 Å². The largest absolute Gasteiger partial charge is 0.469 e. The molecule has 0 aliphatic rings. The highest BCUT2D eigenvalue weighted by atomic mass is 16.6. The molecule has 0 N–H and O–H groups in total. The van der Waals surface area contributed by atoms with E-state index in [1.54, 1.807) is 18.2 Å². The number of carbonyl (C=O) groups is 1. The molecule has 1 atom stereocenters. The molecular formula is C12H13NO4. The highest BCUT2D eigenvalue weighted by Gasteiger charge is 2.21. The summed E-state index contributed by atoms with van der Waals surface area (Å²) < 4.78 is 4.66. The van der Waals surface area contributed by atoms with Gasteiger partial charge in [0.2, 0.25) is 0 Å². The van der Waals surface area contributed by atoms with Crippen LogP contribution in [0.1, 0.15) is 17.9 Å². The Morgan fingerprint density at radius 2 is 2.35 bits per heavy atom. The molecule has 0 heterocycles. The first kappa shape index (κ1) is 12.9. The Balaban J connectivity index is 3.09. The Labute approximate surface area is 98.9 Å². The van der Waals surface area contributed by atoms with Gasteiger partial charge in [0.15, 0.2) is 0 Å². The van der Waals surface area contributed by atoms with Crippen molar-refractivity contribution in [3.05, 3.63) is 52.6 Å². The van der Waals surface area contributed by atoms with Crippen molar-refractivity contribution in [2.45, 2.75) is 12.3 Å². The van der Waals surface area contributed by atoms with Gasteiger partial charge >= 0.3 is 5.97 Å². The minimum atomic E-state index is -0.544. The number of ether oxygens (including phenoxy) is 1. The number of esters is 1. The van der Waals surface area contributed by atoms with Crippen LogP contribution in [0.25, 0.3) is 0 Å². The SMILES string of the molecule is C=CCC(C(=O)OC)c1cccc([N+](=O)[O-])c1. The maximum absolute atomic E-state index is 11.5. The Hall–Kier alpha value is -2.17. The lowest BCUT2D eigenvalue weighted by Gasteiger charge is -2.12. The van der Waals surface area contributed by atoms with Crippen LogP contribution in [-0.2, 0) is 9.53 Å². The van der Waals surface area contributed by atoms with E-state index in [2.05, 4.69) is 11.3 Å². The average molecular weight is 235 g/mol. The zero-order valence-electron chi connectivity index (χ0n) is 9.46. The summed E-state index contributed by atoms with van der Waals surface area (Å²) in [6.07, 6.45) is 1.97. The molecule has 1 rings (SSSR count). The highest BCUT2D eigenvalue weighted by molar-refractivity contribution is 5.78. The van der Waals surface area contributed by atoms with Gasteiger partial charge in [-0.05, 0) is 12.0 Å². The lowest BCUT2D eigenvalue weighted by Crippen LogP contribution is -2.13. The normalized spacial score (nSPS) is 11.6. The molecule has 0 amide bonds. The second kappa shape index (κ2) is 5.79. The number of hydrogen-bond donors (Lipinski definition) is 0. The average Bonchev–Trinajstić information content (AvgIpc) is 2.35. The molecular weight excluding hydrogens is 222 g/mol. The number of carbonyl (C=O) groups excluding carboxylic acids is 1. The fourth-order valence-electron chi connectivity index (χ4n) is 1.53. The third kappa shape index (κ3) is 3.14. The molecule has 0 spiro atoms. The zero-order chi connectivity index (χ0) is 12.8. The van der Waals surface area contributed by atoms with Crippen molar-refractivity contribution in [1.29, 1.82) is 0 Å². The summed E-state index contributed by atoms with van der Waals surface area (Å²) in [6.45, 7) is 3.56. The van der Waals surface area contributed by atoms with E-state index in [9.17, 15) is 14.9 Å². The predicted octanol–water partition coefficient (Wildman–Crippen LogP) is 2.43. The standard InChI is InChI=1S/C12H13NO4/c1-3-5-11(12(14)17-2)9-6-4-7-10(8-9)13(15)16/h3-4,6-8,11H,1,5H2,2H3. The molecule has 1 aromatic rings. The Bertz CT molecular complexity index is 442. The lowest BCUT2D eigenvalue weighted by molar-refractivity contribution is -0.384. The predicted molar refractivity (Wildman–Crippen MR) is 62.7 cm³/mol. The molecule has 1 aromatic carbocycles. The van der Waals surface area contributed by atoms with Crippen LogP contribution in [0.5, 0.6) is 0 Å². The Morgan fingerprint density at radius 3 is 2.88 bits per heavy atom. The molecule has 0 radical (unpaired) electrons. The summed E-state index contributed by atoms with van der Waals surface area (Å²) in [5, 5.41) is 10.6. The van der Waals surface area contributed by atoms with E-state index < -0.39 is 16.8 Å². The summed E-state index contributed by atoms with van der Waals surface area (Å²) in [7, 11) is 1.29. The smallest absolute Gasteiger partial charge is 0.313 e. The van der Waals surface area contributed by atoms with Crippen LogP contribution in [0.4, 0.5) is 5.69 Å². The highest BCUT2D eigenvalue weighted by Crippen LogP contribution is 2.25. The molecule has 0 aromatic heterocycles. The fraction of sp³-hybridized carbons (Fsp3) is 0.250. The van der Waals surface area contributed by atoms with Gasteiger partial charge in [-0.25, -0.2) is 0 Å². The van der Waals surface area contributed by atoms with Crippen molar-refractivity contribution in [2.24, 2.45) is 0 Å². The molecule has 17 heavy (non-hydrogen) atoms. The summed E-state index contributed by atoms with van der Waals surface area (Å²) in [4.78, 5) is 21.7. The van der Waals surface area contributed by atoms with Gasteiger partial charge in [-0.2, -0.15) is 0 Å². The number of allylic oxidation sites excluding steroid dienone is 1. The number of methoxy groups -OCH3 is 1. The van der Waals surface area contributed by atoms with Crippen LogP contribution in [0, 0.1) is 10.1 Å². The van der Waals surface area contributed by atoms with E-state index >= 15 is 0 Å².